The van der Waals surface area contributed by atoms with Crippen LogP contribution in [-0.4, -0.2) is 45.8 Å². The zero-order valence-corrected chi connectivity index (χ0v) is 23.4. The number of carbonyl (C=O) groups excluding carboxylic acids is 5. The minimum absolute atomic E-state index is 0.0184. The molecule has 0 bridgehead atoms. The molecular weight excluding hydrogens is 538 g/mol. The minimum Gasteiger partial charge on any atom is -0.465 e. The average molecular weight is 566 g/mol. The van der Waals surface area contributed by atoms with Gasteiger partial charge in [-0.1, -0.05) is 56.3 Å². The Morgan fingerprint density at radius 2 is 1.60 bits per heavy atom. The normalized spacial score (nSPS) is 13.0. The molecule has 0 aliphatic heterocycles. The van der Waals surface area contributed by atoms with Gasteiger partial charge in [-0.2, -0.15) is 0 Å². The van der Waals surface area contributed by atoms with Gasteiger partial charge in [0.1, 0.15) is 5.69 Å². The third-order valence-corrected chi connectivity index (χ3v) is 7.23. The number of ketones is 3. The number of carbonyl (C=O) groups is 5. The molecule has 0 saturated carbocycles. The molecule has 1 atom stereocenters. The Morgan fingerprint density at radius 3 is 2.26 bits per heavy atom. The van der Waals surface area contributed by atoms with E-state index < -0.39 is 40.6 Å². The van der Waals surface area contributed by atoms with E-state index in [1.54, 1.807) is 31.2 Å². The molecular formula is C32H27N3O7. The molecule has 0 fully saturated rings. The second kappa shape index (κ2) is 11.0. The minimum atomic E-state index is -1.97. The molecule has 4 aromatic rings. The van der Waals surface area contributed by atoms with Crippen LogP contribution < -0.4 is 10.9 Å². The Hall–Kier alpha value is -5.25. The largest absolute Gasteiger partial charge is 0.465 e. The molecule has 0 radical (unpaired) electrons. The fourth-order valence-corrected chi connectivity index (χ4v) is 5.17. The third-order valence-electron chi connectivity index (χ3n) is 7.23. The number of nitrogens with zero attached hydrogens (tertiary/aromatic N) is 1. The highest BCUT2D eigenvalue weighted by Gasteiger charge is 2.39. The number of benzene rings is 3. The summed E-state index contributed by atoms with van der Waals surface area (Å²) in [6.45, 7) is 7.04. The van der Waals surface area contributed by atoms with Crippen molar-refractivity contribution in [3.8, 4) is 0 Å². The summed E-state index contributed by atoms with van der Waals surface area (Å²) in [5, 5.41) is 2.61. The number of H-pyrrole nitrogens is 1. The van der Waals surface area contributed by atoms with Gasteiger partial charge in [-0.15, -0.1) is 0 Å². The number of amides is 1. The monoisotopic (exact) mass is 565 g/mol. The number of ether oxygens (including phenoxy) is 1. The number of anilines is 1. The first kappa shape index (κ1) is 28.3. The molecule has 10 nitrogen and oxygen atoms in total. The van der Waals surface area contributed by atoms with E-state index in [2.05, 4.69) is 15.3 Å². The van der Waals surface area contributed by atoms with Crippen LogP contribution in [-0.2, 0) is 19.1 Å². The molecule has 2 N–H and O–H groups in total. The van der Waals surface area contributed by atoms with Crippen LogP contribution in [0.3, 0.4) is 0 Å². The van der Waals surface area contributed by atoms with Crippen LogP contribution in [0.5, 0.6) is 0 Å². The van der Waals surface area contributed by atoms with Gasteiger partial charge in [0.05, 0.1) is 23.2 Å². The summed E-state index contributed by atoms with van der Waals surface area (Å²) in [6, 6.07) is 14.6. The number of para-hydroxylation sites is 1. The highest BCUT2D eigenvalue weighted by molar-refractivity contribution is 6.45. The van der Waals surface area contributed by atoms with Crippen molar-refractivity contribution < 1.29 is 28.7 Å². The lowest BCUT2D eigenvalue weighted by Crippen LogP contribution is -2.38. The number of hydrogen-bond donors (Lipinski definition) is 2. The molecule has 1 amide bonds. The third kappa shape index (κ3) is 4.70. The molecule has 5 rings (SSSR count). The summed E-state index contributed by atoms with van der Waals surface area (Å²) in [6.07, 6.45) is 0. The number of hydrogen-bond acceptors (Lipinski definition) is 8. The number of fused-ring (bicyclic) bond motifs is 4. The van der Waals surface area contributed by atoms with Crippen molar-refractivity contribution in [2.45, 2.75) is 39.5 Å². The summed E-state index contributed by atoms with van der Waals surface area (Å²) < 4.78 is 5.06. The van der Waals surface area contributed by atoms with Crippen LogP contribution in [0.1, 0.15) is 81.3 Å². The van der Waals surface area contributed by atoms with Crippen molar-refractivity contribution in [2.75, 3.05) is 11.9 Å². The zero-order chi connectivity index (χ0) is 30.3. The number of esters is 1. The van der Waals surface area contributed by atoms with Gasteiger partial charge in [0.2, 0.25) is 5.78 Å². The Bertz CT molecular complexity index is 1890. The van der Waals surface area contributed by atoms with Crippen LogP contribution in [0.2, 0.25) is 0 Å². The van der Waals surface area contributed by atoms with Gasteiger partial charge in [0, 0.05) is 22.4 Å². The Labute approximate surface area is 240 Å². The summed E-state index contributed by atoms with van der Waals surface area (Å²) in [5.74, 6) is -6.29. The van der Waals surface area contributed by atoms with Crippen molar-refractivity contribution in [2.24, 2.45) is 0 Å². The standard InChI is InChI=1S/C32H27N3O7/c1-5-42-32(41)23(29(38)31(40)34-24-16(4)9-8-12-17(24)15(2)3)26-30(39)35-25-21(33-26)14-13-20-22(25)28(37)19-11-7-6-10-18(19)27(20)36/h6-15,23H,5H2,1-4H3,(H,34,40)(H,35,39). The van der Waals surface area contributed by atoms with Crippen LogP contribution in [0.25, 0.3) is 11.0 Å². The maximum atomic E-state index is 13.5. The van der Waals surface area contributed by atoms with Crippen molar-refractivity contribution in [1.82, 2.24) is 9.97 Å². The molecule has 1 unspecified atom stereocenters. The molecule has 1 aliphatic rings. The van der Waals surface area contributed by atoms with Gasteiger partial charge in [-0.3, -0.25) is 28.8 Å². The van der Waals surface area contributed by atoms with E-state index in [0.717, 1.165) is 5.56 Å². The van der Waals surface area contributed by atoms with Gasteiger partial charge in [-0.05, 0) is 43.0 Å². The van der Waals surface area contributed by atoms with E-state index in [9.17, 15) is 28.8 Å². The first-order valence-electron chi connectivity index (χ1n) is 13.4. The molecule has 42 heavy (non-hydrogen) atoms. The van der Waals surface area contributed by atoms with Crippen LogP contribution in [0.15, 0.2) is 59.4 Å². The number of aromatic amines is 1. The lowest BCUT2D eigenvalue weighted by molar-refractivity contribution is -0.150. The number of nitrogens with one attached hydrogen (secondary N) is 2. The molecule has 1 aromatic heterocycles. The number of aromatic nitrogens is 2. The number of rotatable bonds is 7. The number of Topliss-reactive ketones (excluding diaryl/α,β-unsaturated/α-hetero) is 1. The SMILES string of the molecule is CCOC(=O)C(C(=O)C(=O)Nc1c(C)cccc1C(C)C)c1nc2ccc3c(c2[nH]c1=O)C(=O)c1ccccc1C3=O. The van der Waals surface area contributed by atoms with Gasteiger partial charge in [0.25, 0.3) is 11.5 Å². The molecule has 1 aliphatic carbocycles. The highest BCUT2D eigenvalue weighted by Crippen LogP contribution is 2.32. The summed E-state index contributed by atoms with van der Waals surface area (Å²) in [5.41, 5.74) is 0.899. The average Bonchev–Trinajstić information content (AvgIpc) is 2.96. The molecule has 212 valence electrons. The maximum absolute atomic E-state index is 13.5. The summed E-state index contributed by atoms with van der Waals surface area (Å²) >= 11 is 0. The second-order valence-corrected chi connectivity index (χ2v) is 10.2. The maximum Gasteiger partial charge on any atom is 0.323 e. The first-order valence-corrected chi connectivity index (χ1v) is 13.4. The summed E-state index contributed by atoms with van der Waals surface area (Å²) in [7, 11) is 0. The first-order chi connectivity index (χ1) is 20.0. The van der Waals surface area contributed by atoms with Crippen LogP contribution >= 0.6 is 0 Å². The topological polar surface area (TPSA) is 152 Å². The Kier molecular flexibility index (Phi) is 7.38. The molecule has 3 aromatic carbocycles. The van der Waals surface area contributed by atoms with Gasteiger partial charge >= 0.3 is 5.97 Å². The van der Waals surface area contributed by atoms with E-state index in [1.165, 1.54) is 25.1 Å². The predicted molar refractivity (Wildman–Crippen MR) is 154 cm³/mol. The van der Waals surface area contributed by atoms with Gasteiger partial charge < -0.3 is 15.0 Å². The quantitative estimate of drug-likeness (QED) is 0.171. The van der Waals surface area contributed by atoms with Crippen molar-refractivity contribution in [3.63, 3.8) is 0 Å². The molecule has 0 spiro atoms. The van der Waals surface area contributed by atoms with Crippen molar-refractivity contribution in [1.29, 1.82) is 0 Å². The van der Waals surface area contributed by atoms with Gasteiger partial charge in [-0.25, -0.2) is 4.98 Å². The van der Waals surface area contributed by atoms with E-state index in [-0.39, 0.29) is 51.6 Å². The van der Waals surface area contributed by atoms with Crippen LogP contribution in [0.4, 0.5) is 5.69 Å². The number of aryl methyl sites for hydroxylation is 1. The fraction of sp³-hybridized carbons (Fsp3) is 0.219. The van der Waals surface area contributed by atoms with E-state index in [4.69, 9.17) is 4.74 Å². The van der Waals surface area contributed by atoms with E-state index in [0.29, 0.717) is 11.3 Å². The lowest BCUT2D eigenvalue weighted by Gasteiger charge is -2.20. The second-order valence-electron chi connectivity index (χ2n) is 10.2. The van der Waals surface area contributed by atoms with Crippen LogP contribution in [0, 0.1) is 6.92 Å². The van der Waals surface area contributed by atoms with Crippen molar-refractivity contribution >= 4 is 45.9 Å². The molecule has 0 saturated heterocycles. The van der Waals surface area contributed by atoms with Gasteiger partial charge in [0.15, 0.2) is 17.5 Å². The Morgan fingerprint density at radius 1 is 0.905 bits per heavy atom. The molecule has 10 heteroatoms. The smallest absolute Gasteiger partial charge is 0.323 e. The van der Waals surface area contributed by atoms with E-state index >= 15 is 0 Å². The molecule has 1 heterocycles. The summed E-state index contributed by atoms with van der Waals surface area (Å²) in [4.78, 5) is 86.4. The Balaban J connectivity index is 1.60. The van der Waals surface area contributed by atoms with Crippen molar-refractivity contribution in [3.05, 3.63) is 104 Å². The zero-order valence-electron chi connectivity index (χ0n) is 23.4. The fourth-order valence-electron chi connectivity index (χ4n) is 5.17. The van der Waals surface area contributed by atoms with E-state index in [1.807, 2.05) is 26.0 Å². The lowest BCUT2D eigenvalue weighted by atomic mass is 9.83. The predicted octanol–water partition coefficient (Wildman–Crippen LogP) is 3.98. The highest BCUT2D eigenvalue weighted by atomic mass is 16.5.